The van der Waals surface area contributed by atoms with Crippen molar-refractivity contribution < 1.29 is 19.0 Å². The lowest BCUT2D eigenvalue weighted by Gasteiger charge is -2.15. The van der Waals surface area contributed by atoms with E-state index in [9.17, 15) is 5.11 Å². The summed E-state index contributed by atoms with van der Waals surface area (Å²) in [4.78, 5) is 16.9. The maximum Gasteiger partial charge on any atom is 0.193 e. The van der Waals surface area contributed by atoms with Crippen molar-refractivity contribution >= 4 is 27.6 Å². The summed E-state index contributed by atoms with van der Waals surface area (Å²) in [7, 11) is 0. The number of halogens is 1. The Bertz CT molecular complexity index is 1720. The molecule has 2 aromatic carbocycles. The second-order valence-electron chi connectivity index (χ2n) is 9.66. The summed E-state index contributed by atoms with van der Waals surface area (Å²) in [6, 6.07) is 6.93. The van der Waals surface area contributed by atoms with Gasteiger partial charge in [-0.3, -0.25) is 9.67 Å². The van der Waals surface area contributed by atoms with E-state index >= 15 is 4.39 Å². The van der Waals surface area contributed by atoms with Crippen LogP contribution in [0.1, 0.15) is 24.2 Å². The molecule has 0 bridgehead atoms. The second-order valence-corrected chi connectivity index (χ2v) is 9.66. The van der Waals surface area contributed by atoms with Crippen LogP contribution in [0.4, 0.5) is 4.39 Å². The summed E-state index contributed by atoms with van der Waals surface area (Å²) in [5, 5.41) is 14.6. The number of aromatic amines is 1. The van der Waals surface area contributed by atoms with E-state index < -0.39 is 11.4 Å². The predicted octanol–water partition coefficient (Wildman–Crippen LogP) is 4.55. The van der Waals surface area contributed by atoms with Crippen LogP contribution in [0.25, 0.3) is 38.9 Å². The number of hydrogen-bond donors (Lipinski definition) is 2. The van der Waals surface area contributed by atoms with E-state index in [2.05, 4.69) is 20.1 Å². The van der Waals surface area contributed by atoms with Gasteiger partial charge in [0.2, 0.25) is 0 Å². The number of imidazole rings is 1. The Morgan fingerprint density at radius 3 is 2.81 bits per heavy atom. The summed E-state index contributed by atoms with van der Waals surface area (Å²) >= 11 is 0. The standard InChI is InChI=1S/C27H23FN6O3/c1-15-31-19-3-5-22(24(28)26(19)32-15)37-21-4-2-18-25(23(21)16-6-9-36-13-16)33-20(11-29-18)17-10-30-34(12-17)14-27(35)7-8-27/h2-6,10-12,35H,7-9,13-14H2,1H3,(H,31,32). The van der Waals surface area contributed by atoms with Gasteiger partial charge in [-0.15, -0.1) is 0 Å². The lowest BCUT2D eigenvalue weighted by Crippen LogP contribution is -2.16. The van der Waals surface area contributed by atoms with Crippen LogP contribution in [0, 0.1) is 12.7 Å². The number of fused-ring (bicyclic) bond motifs is 2. The third-order valence-electron chi connectivity index (χ3n) is 6.81. The van der Waals surface area contributed by atoms with Gasteiger partial charge in [0, 0.05) is 11.8 Å². The average molecular weight is 499 g/mol. The van der Waals surface area contributed by atoms with Crippen molar-refractivity contribution in [1.29, 1.82) is 0 Å². The quantitative estimate of drug-likeness (QED) is 0.353. The van der Waals surface area contributed by atoms with Crippen LogP contribution in [0.2, 0.25) is 0 Å². The SMILES string of the molecule is Cc1nc2c(F)c(Oc3ccc4ncc(-c5cnn(CC6(O)CC6)c5)nc4c3C3=CCOC3)ccc2[nH]1. The van der Waals surface area contributed by atoms with Crippen molar-refractivity contribution in [1.82, 2.24) is 29.7 Å². The number of aromatic nitrogens is 6. The number of ether oxygens (including phenoxy) is 2. The van der Waals surface area contributed by atoms with Crippen LogP contribution in [0.5, 0.6) is 11.5 Å². The summed E-state index contributed by atoms with van der Waals surface area (Å²) in [6.07, 6.45) is 8.83. The minimum Gasteiger partial charge on any atom is -0.453 e. The zero-order valence-electron chi connectivity index (χ0n) is 20.0. The molecule has 0 saturated heterocycles. The third-order valence-corrected chi connectivity index (χ3v) is 6.81. The van der Waals surface area contributed by atoms with Gasteiger partial charge in [0.1, 0.15) is 22.6 Å². The molecule has 1 aliphatic carbocycles. The molecule has 9 nitrogen and oxygen atoms in total. The van der Waals surface area contributed by atoms with Crippen LogP contribution in [-0.4, -0.2) is 53.6 Å². The molecule has 0 amide bonds. The third kappa shape index (κ3) is 3.94. The molecule has 3 aromatic heterocycles. The van der Waals surface area contributed by atoms with Gasteiger partial charge in [0.05, 0.1) is 60.0 Å². The molecule has 1 fully saturated rings. The minimum absolute atomic E-state index is 0.0718. The number of nitrogens with one attached hydrogen (secondary N) is 1. The van der Waals surface area contributed by atoms with Crippen LogP contribution >= 0.6 is 0 Å². The highest BCUT2D eigenvalue weighted by Gasteiger charge is 2.40. The van der Waals surface area contributed by atoms with Crippen molar-refractivity contribution in [3.8, 4) is 22.8 Å². The molecular weight excluding hydrogens is 475 g/mol. The Balaban J connectivity index is 1.32. The Morgan fingerprint density at radius 2 is 2.00 bits per heavy atom. The molecular formula is C27H23FN6O3. The Hall–Kier alpha value is -4.15. The van der Waals surface area contributed by atoms with Crippen LogP contribution in [0.15, 0.2) is 48.9 Å². The molecule has 5 aromatic rings. The largest absolute Gasteiger partial charge is 0.453 e. The first kappa shape index (κ1) is 22.1. The fourth-order valence-corrected chi connectivity index (χ4v) is 4.69. The predicted molar refractivity (Wildman–Crippen MR) is 135 cm³/mol. The number of nitrogens with zero attached hydrogens (tertiary/aromatic N) is 5. The zero-order chi connectivity index (χ0) is 25.1. The van der Waals surface area contributed by atoms with E-state index in [1.54, 1.807) is 42.2 Å². The van der Waals surface area contributed by atoms with Crippen molar-refractivity contribution in [2.24, 2.45) is 0 Å². The lowest BCUT2D eigenvalue weighted by molar-refractivity contribution is 0.125. The van der Waals surface area contributed by atoms with Crippen molar-refractivity contribution in [2.45, 2.75) is 31.9 Å². The summed E-state index contributed by atoms with van der Waals surface area (Å²) in [5.41, 5.74) is 4.53. The number of aryl methyl sites for hydroxylation is 1. The summed E-state index contributed by atoms with van der Waals surface area (Å²) < 4.78 is 28.8. The van der Waals surface area contributed by atoms with E-state index in [4.69, 9.17) is 14.5 Å². The normalized spacial score (nSPS) is 16.5. The Kier molecular flexibility index (Phi) is 4.89. The maximum atomic E-state index is 15.3. The van der Waals surface area contributed by atoms with Crippen molar-refractivity contribution in [3.05, 3.63) is 66.1 Å². The first-order valence-corrected chi connectivity index (χ1v) is 12.1. The van der Waals surface area contributed by atoms with Gasteiger partial charge in [-0.1, -0.05) is 6.08 Å². The highest BCUT2D eigenvalue weighted by atomic mass is 19.1. The van der Waals surface area contributed by atoms with E-state index in [1.807, 2.05) is 18.3 Å². The molecule has 0 radical (unpaired) electrons. The van der Waals surface area contributed by atoms with E-state index in [-0.39, 0.29) is 11.3 Å². The lowest BCUT2D eigenvalue weighted by atomic mass is 10.0. The number of rotatable bonds is 6. The van der Waals surface area contributed by atoms with Crippen molar-refractivity contribution in [2.75, 3.05) is 13.2 Å². The Morgan fingerprint density at radius 1 is 1.14 bits per heavy atom. The molecule has 2 N–H and O–H groups in total. The van der Waals surface area contributed by atoms with Gasteiger partial charge >= 0.3 is 0 Å². The number of H-pyrrole nitrogens is 1. The highest BCUT2D eigenvalue weighted by Crippen LogP contribution is 2.39. The van der Waals surface area contributed by atoms with Crippen LogP contribution in [0.3, 0.4) is 0 Å². The molecule has 10 heteroatoms. The zero-order valence-corrected chi connectivity index (χ0v) is 20.0. The van der Waals surface area contributed by atoms with Gasteiger partial charge in [0.15, 0.2) is 11.6 Å². The topological polar surface area (TPSA) is 111 Å². The van der Waals surface area contributed by atoms with E-state index in [0.29, 0.717) is 59.1 Å². The average Bonchev–Trinajstić information content (AvgIpc) is 3.32. The minimum atomic E-state index is -0.653. The number of benzene rings is 2. The maximum absolute atomic E-state index is 15.3. The van der Waals surface area contributed by atoms with Gasteiger partial charge in [-0.2, -0.15) is 5.10 Å². The van der Waals surface area contributed by atoms with E-state index in [0.717, 1.165) is 24.0 Å². The van der Waals surface area contributed by atoms with E-state index in [1.165, 1.54) is 0 Å². The second kappa shape index (κ2) is 8.19. The Labute approximate surface area is 210 Å². The van der Waals surface area contributed by atoms with Crippen molar-refractivity contribution in [3.63, 3.8) is 0 Å². The molecule has 1 saturated carbocycles. The molecule has 4 heterocycles. The molecule has 0 atom stereocenters. The molecule has 37 heavy (non-hydrogen) atoms. The monoisotopic (exact) mass is 498 g/mol. The summed E-state index contributed by atoms with van der Waals surface area (Å²) in [6.45, 7) is 3.09. The van der Waals surface area contributed by atoms with Gasteiger partial charge in [-0.05, 0) is 49.6 Å². The fraction of sp³-hybridized carbons (Fsp3) is 0.259. The number of hydrogen-bond acceptors (Lipinski definition) is 7. The highest BCUT2D eigenvalue weighted by molar-refractivity contribution is 5.93. The molecule has 0 spiro atoms. The first-order chi connectivity index (χ1) is 18.0. The van der Waals surface area contributed by atoms with Crippen LogP contribution in [-0.2, 0) is 11.3 Å². The molecule has 1 aliphatic heterocycles. The smallest absolute Gasteiger partial charge is 0.193 e. The summed E-state index contributed by atoms with van der Waals surface area (Å²) in [5.74, 6) is 0.618. The van der Waals surface area contributed by atoms with Gasteiger partial charge in [0.25, 0.3) is 0 Å². The van der Waals surface area contributed by atoms with Gasteiger partial charge in [-0.25, -0.2) is 14.4 Å². The first-order valence-electron chi connectivity index (χ1n) is 12.1. The molecule has 2 aliphatic rings. The fourth-order valence-electron chi connectivity index (χ4n) is 4.69. The molecule has 7 rings (SSSR count). The molecule has 186 valence electrons. The van der Waals surface area contributed by atoms with Gasteiger partial charge < -0.3 is 19.6 Å². The van der Waals surface area contributed by atoms with Crippen LogP contribution < -0.4 is 4.74 Å². The number of aliphatic hydroxyl groups is 1. The molecule has 0 unspecified atom stereocenters.